The molecule has 0 saturated heterocycles. The van der Waals surface area contributed by atoms with Gasteiger partial charge in [0.05, 0.1) is 6.33 Å². The van der Waals surface area contributed by atoms with Crippen molar-refractivity contribution >= 4 is 34.2 Å². The molecule has 6 nitrogen and oxygen atoms in total. The SMILES string of the molecule is CCc1ccc(NC(=O)Cn2cnc3c(-c4ccc(Cl)cc4)cn(C)c3c2=O)cc1. The summed E-state index contributed by atoms with van der Waals surface area (Å²) in [4.78, 5) is 29.9. The van der Waals surface area contributed by atoms with Crippen LogP contribution in [0.5, 0.6) is 0 Å². The van der Waals surface area contributed by atoms with Crippen molar-refractivity contribution < 1.29 is 4.79 Å². The van der Waals surface area contributed by atoms with E-state index in [0.717, 1.165) is 17.5 Å². The van der Waals surface area contributed by atoms with Crippen molar-refractivity contribution in [3.05, 3.63) is 82.0 Å². The standard InChI is InChI=1S/C23H21ClN4O2/c1-3-15-4-10-18(11-5-15)26-20(29)13-28-14-25-21-19(12-27(2)22(21)23(28)30)16-6-8-17(24)9-7-16/h4-12,14H,3,13H2,1-2H3,(H,26,29). The first-order valence-corrected chi connectivity index (χ1v) is 10.0. The molecule has 0 aliphatic heterocycles. The van der Waals surface area contributed by atoms with Crippen LogP contribution in [0.2, 0.25) is 5.02 Å². The Bertz CT molecular complexity index is 1270. The molecule has 0 fully saturated rings. The molecule has 1 amide bonds. The number of nitrogens with one attached hydrogen (secondary N) is 1. The summed E-state index contributed by atoms with van der Waals surface area (Å²) in [6.45, 7) is 1.96. The maximum atomic E-state index is 13.0. The number of benzene rings is 2. The molecule has 4 rings (SSSR count). The molecule has 1 N–H and O–H groups in total. The van der Waals surface area contributed by atoms with E-state index in [0.29, 0.717) is 21.7 Å². The summed E-state index contributed by atoms with van der Waals surface area (Å²) in [7, 11) is 1.80. The van der Waals surface area contributed by atoms with E-state index in [9.17, 15) is 9.59 Å². The minimum Gasteiger partial charge on any atom is -0.344 e. The van der Waals surface area contributed by atoms with Crippen molar-refractivity contribution in [2.75, 3.05) is 5.32 Å². The zero-order chi connectivity index (χ0) is 21.3. The molecular formula is C23H21ClN4O2. The average Bonchev–Trinajstić information content (AvgIpc) is 3.08. The van der Waals surface area contributed by atoms with E-state index in [-0.39, 0.29) is 18.0 Å². The van der Waals surface area contributed by atoms with E-state index in [1.54, 1.807) is 23.7 Å². The zero-order valence-corrected chi connectivity index (χ0v) is 17.5. The van der Waals surface area contributed by atoms with Gasteiger partial charge in [0.15, 0.2) is 0 Å². The number of hydrogen-bond donors (Lipinski definition) is 1. The molecule has 0 radical (unpaired) electrons. The van der Waals surface area contributed by atoms with Crippen molar-refractivity contribution in [1.29, 1.82) is 0 Å². The second kappa shape index (κ2) is 8.16. The normalized spacial score (nSPS) is 11.0. The number of carbonyl (C=O) groups is 1. The third-order valence-electron chi connectivity index (χ3n) is 5.06. The molecule has 0 unspecified atom stereocenters. The summed E-state index contributed by atoms with van der Waals surface area (Å²) in [5.74, 6) is -0.283. The van der Waals surface area contributed by atoms with E-state index in [2.05, 4.69) is 17.2 Å². The fourth-order valence-corrected chi connectivity index (χ4v) is 3.57. The van der Waals surface area contributed by atoms with E-state index >= 15 is 0 Å². The molecule has 4 aromatic rings. The number of rotatable bonds is 5. The Labute approximate surface area is 178 Å². The first-order valence-electron chi connectivity index (χ1n) is 9.65. The number of halogens is 1. The molecule has 2 aromatic heterocycles. The summed E-state index contributed by atoms with van der Waals surface area (Å²) in [5.41, 5.74) is 4.43. The smallest absolute Gasteiger partial charge is 0.278 e. The van der Waals surface area contributed by atoms with E-state index in [4.69, 9.17) is 11.6 Å². The molecule has 0 bridgehead atoms. The molecular weight excluding hydrogens is 400 g/mol. The number of nitrogens with zero attached hydrogens (tertiary/aromatic N) is 3. The second-order valence-electron chi connectivity index (χ2n) is 7.13. The third-order valence-corrected chi connectivity index (χ3v) is 5.31. The fraction of sp³-hybridized carbons (Fsp3) is 0.174. The number of fused-ring (bicyclic) bond motifs is 1. The number of aromatic nitrogens is 3. The Morgan fingerprint density at radius 1 is 1.10 bits per heavy atom. The van der Waals surface area contributed by atoms with Crippen LogP contribution in [0.1, 0.15) is 12.5 Å². The molecule has 0 saturated carbocycles. The van der Waals surface area contributed by atoms with E-state index in [1.807, 2.05) is 42.6 Å². The lowest BCUT2D eigenvalue weighted by atomic mass is 10.1. The highest BCUT2D eigenvalue weighted by Gasteiger charge is 2.16. The third kappa shape index (κ3) is 3.86. The van der Waals surface area contributed by atoms with E-state index < -0.39 is 0 Å². The molecule has 0 spiro atoms. The van der Waals surface area contributed by atoms with Crippen molar-refractivity contribution in [2.24, 2.45) is 7.05 Å². The molecule has 30 heavy (non-hydrogen) atoms. The van der Waals surface area contributed by atoms with Crippen LogP contribution in [0.25, 0.3) is 22.2 Å². The molecule has 0 aliphatic rings. The highest BCUT2D eigenvalue weighted by molar-refractivity contribution is 6.30. The van der Waals surface area contributed by atoms with Crippen LogP contribution in [0.15, 0.2) is 65.8 Å². The van der Waals surface area contributed by atoms with Gasteiger partial charge in [-0.1, -0.05) is 42.8 Å². The fourth-order valence-electron chi connectivity index (χ4n) is 3.45. The number of anilines is 1. The second-order valence-corrected chi connectivity index (χ2v) is 7.57. The van der Waals surface area contributed by atoms with Gasteiger partial charge in [0.1, 0.15) is 17.6 Å². The summed E-state index contributed by atoms with van der Waals surface area (Å²) in [5, 5.41) is 3.47. The number of amides is 1. The molecule has 2 aromatic carbocycles. The highest BCUT2D eigenvalue weighted by Crippen LogP contribution is 2.28. The Kier molecular flexibility index (Phi) is 5.42. The molecule has 2 heterocycles. The van der Waals surface area contributed by atoms with Gasteiger partial charge < -0.3 is 9.88 Å². The molecule has 0 atom stereocenters. The number of carbonyl (C=O) groups excluding carboxylic acids is 1. The maximum Gasteiger partial charge on any atom is 0.278 e. The largest absolute Gasteiger partial charge is 0.344 e. The van der Waals surface area contributed by atoms with Gasteiger partial charge in [-0.3, -0.25) is 14.2 Å². The predicted octanol–water partition coefficient (Wildman–Crippen LogP) is 4.26. The molecule has 0 aliphatic carbocycles. The maximum absolute atomic E-state index is 13.0. The minimum atomic E-state index is -0.283. The van der Waals surface area contributed by atoms with E-state index in [1.165, 1.54) is 16.5 Å². The lowest BCUT2D eigenvalue weighted by molar-refractivity contribution is -0.116. The van der Waals surface area contributed by atoms with Gasteiger partial charge in [-0.2, -0.15) is 0 Å². The highest BCUT2D eigenvalue weighted by atomic mass is 35.5. The quantitative estimate of drug-likeness (QED) is 0.524. The Morgan fingerprint density at radius 2 is 1.80 bits per heavy atom. The van der Waals surface area contributed by atoms with Crippen LogP contribution >= 0.6 is 11.6 Å². The Morgan fingerprint density at radius 3 is 2.47 bits per heavy atom. The van der Waals surface area contributed by atoms with Gasteiger partial charge in [-0.15, -0.1) is 0 Å². The van der Waals surface area contributed by atoms with Gasteiger partial charge in [0.25, 0.3) is 5.56 Å². The van der Waals surface area contributed by atoms with Crippen LogP contribution in [0, 0.1) is 0 Å². The van der Waals surface area contributed by atoms with Crippen LogP contribution in [-0.2, 0) is 24.8 Å². The summed E-state index contributed by atoms with van der Waals surface area (Å²) in [6.07, 6.45) is 4.22. The van der Waals surface area contributed by atoms with Crippen molar-refractivity contribution in [1.82, 2.24) is 14.1 Å². The average molecular weight is 421 g/mol. The lowest BCUT2D eigenvalue weighted by Crippen LogP contribution is -2.28. The van der Waals surface area contributed by atoms with Gasteiger partial charge >= 0.3 is 0 Å². The van der Waals surface area contributed by atoms with Crippen LogP contribution in [0.3, 0.4) is 0 Å². The first kappa shape index (κ1) is 19.9. The van der Waals surface area contributed by atoms with Gasteiger partial charge in [0.2, 0.25) is 5.91 Å². The van der Waals surface area contributed by atoms with Crippen LogP contribution in [-0.4, -0.2) is 20.0 Å². The van der Waals surface area contributed by atoms with Gasteiger partial charge in [-0.05, 0) is 41.8 Å². The molecule has 7 heteroatoms. The molecule has 152 valence electrons. The van der Waals surface area contributed by atoms with Crippen LogP contribution in [0.4, 0.5) is 5.69 Å². The van der Waals surface area contributed by atoms with Crippen molar-refractivity contribution in [3.8, 4) is 11.1 Å². The monoisotopic (exact) mass is 420 g/mol. The van der Waals surface area contributed by atoms with Gasteiger partial charge in [-0.25, -0.2) is 4.98 Å². The van der Waals surface area contributed by atoms with Crippen molar-refractivity contribution in [2.45, 2.75) is 19.9 Å². The van der Waals surface area contributed by atoms with Crippen LogP contribution < -0.4 is 10.9 Å². The summed E-state index contributed by atoms with van der Waals surface area (Å²) >= 11 is 5.98. The predicted molar refractivity (Wildman–Crippen MR) is 120 cm³/mol. The minimum absolute atomic E-state index is 0.112. The summed E-state index contributed by atoms with van der Waals surface area (Å²) < 4.78 is 3.07. The van der Waals surface area contributed by atoms with Gasteiger partial charge in [0, 0.05) is 29.5 Å². The van der Waals surface area contributed by atoms with Crippen molar-refractivity contribution in [3.63, 3.8) is 0 Å². The first-order chi connectivity index (χ1) is 14.5. The Hall–Kier alpha value is -3.38. The lowest BCUT2D eigenvalue weighted by Gasteiger charge is -2.08. The Balaban J connectivity index is 1.61. The number of aryl methyl sites for hydroxylation is 2. The summed E-state index contributed by atoms with van der Waals surface area (Å²) in [6, 6.07) is 15.0. The zero-order valence-electron chi connectivity index (χ0n) is 16.7. The topological polar surface area (TPSA) is 68.9 Å². The number of hydrogen-bond acceptors (Lipinski definition) is 3.